The molecule has 20 heavy (non-hydrogen) atoms. The van der Waals surface area contributed by atoms with Crippen LogP contribution in [-0.2, 0) is 16.0 Å². The Hall–Kier alpha value is -1.10. The lowest BCUT2D eigenvalue weighted by Crippen LogP contribution is -2.51. The maximum atomic E-state index is 5.92. The van der Waals surface area contributed by atoms with Crippen molar-refractivity contribution in [2.24, 2.45) is 0 Å². The fourth-order valence-electron chi connectivity index (χ4n) is 3.41. The lowest BCUT2D eigenvalue weighted by atomic mass is 10.1. The van der Waals surface area contributed by atoms with Crippen LogP contribution in [0.1, 0.15) is 18.4 Å². The average Bonchev–Trinajstić information content (AvgIpc) is 2.92. The van der Waals surface area contributed by atoms with Crippen molar-refractivity contribution < 1.29 is 14.2 Å². The number of rotatable bonds is 4. The summed E-state index contributed by atoms with van der Waals surface area (Å²) in [6.07, 6.45) is 2.77. The zero-order valence-corrected chi connectivity index (χ0v) is 12.2. The molecule has 4 heteroatoms. The monoisotopic (exact) mass is 277 g/mol. The van der Waals surface area contributed by atoms with Crippen LogP contribution in [0.25, 0.3) is 0 Å². The molecule has 0 aromatic heterocycles. The van der Waals surface area contributed by atoms with E-state index in [2.05, 4.69) is 17.0 Å². The van der Waals surface area contributed by atoms with Crippen LogP contribution in [0, 0.1) is 0 Å². The summed E-state index contributed by atoms with van der Waals surface area (Å²) in [5, 5.41) is 0. The first kappa shape index (κ1) is 13.9. The molecular formula is C16H23NO3. The normalized spacial score (nSPS) is 30.2. The summed E-state index contributed by atoms with van der Waals surface area (Å²) in [6, 6.07) is 8.84. The molecule has 2 fully saturated rings. The largest absolute Gasteiger partial charge is 0.497 e. The molecule has 1 aliphatic heterocycles. The Morgan fingerprint density at radius 3 is 2.70 bits per heavy atom. The highest BCUT2D eigenvalue weighted by Gasteiger charge is 2.42. The van der Waals surface area contributed by atoms with Crippen LogP contribution in [0.5, 0.6) is 5.75 Å². The molecule has 1 saturated heterocycles. The van der Waals surface area contributed by atoms with Gasteiger partial charge in [-0.15, -0.1) is 0 Å². The van der Waals surface area contributed by atoms with Crippen LogP contribution in [0.15, 0.2) is 24.3 Å². The van der Waals surface area contributed by atoms with Gasteiger partial charge in [0, 0.05) is 26.2 Å². The first-order chi connectivity index (χ1) is 9.81. The van der Waals surface area contributed by atoms with Crippen LogP contribution in [0.3, 0.4) is 0 Å². The van der Waals surface area contributed by atoms with Crippen LogP contribution in [-0.4, -0.2) is 50.5 Å². The van der Waals surface area contributed by atoms with E-state index in [4.69, 9.17) is 14.2 Å². The molecule has 0 bridgehead atoms. The Morgan fingerprint density at radius 1 is 1.20 bits per heavy atom. The molecule has 1 aromatic rings. The molecule has 0 spiro atoms. The van der Waals surface area contributed by atoms with Gasteiger partial charge in [0.15, 0.2) is 0 Å². The van der Waals surface area contributed by atoms with Crippen LogP contribution < -0.4 is 4.74 Å². The summed E-state index contributed by atoms with van der Waals surface area (Å²) in [4.78, 5) is 2.54. The number of fused-ring (bicyclic) bond motifs is 1. The smallest absolute Gasteiger partial charge is 0.118 e. The van der Waals surface area contributed by atoms with Gasteiger partial charge in [-0.1, -0.05) is 12.1 Å². The summed E-state index contributed by atoms with van der Waals surface area (Å²) in [7, 11) is 3.49. The maximum absolute atomic E-state index is 5.92. The number of hydrogen-bond acceptors (Lipinski definition) is 4. The minimum Gasteiger partial charge on any atom is -0.497 e. The quantitative estimate of drug-likeness (QED) is 0.843. The van der Waals surface area contributed by atoms with E-state index in [1.54, 1.807) is 14.2 Å². The third kappa shape index (κ3) is 2.68. The summed E-state index contributed by atoms with van der Waals surface area (Å²) in [6.45, 7) is 2.78. The SMILES string of the molecule is COc1ccc(CN2CCO[C@H]3[C@@H](OC)CC[C@@H]32)cc1. The van der Waals surface area contributed by atoms with Gasteiger partial charge in [0.05, 0.1) is 25.9 Å². The van der Waals surface area contributed by atoms with Crippen molar-refractivity contribution in [1.29, 1.82) is 0 Å². The number of benzene rings is 1. The van der Waals surface area contributed by atoms with Gasteiger partial charge >= 0.3 is 0 Å². The molecule has 1 aromatic carbocycles. The third-order valence-electron chi connectivity index (χ3n) is 4.50. The Morgan fingerprint density at radius 2 is 2.00 bits per heavy atom. The zero-order chi connectivity index (χ0) is 13.9. The lowest BCUT2D eigenvalue weighted by molar-refractivity contribution is -0.106. The highest BCUT2D eigenvalue weighted by molar-refractivity contribution is 5.27. The van der Waals surface area contributed by atoms with E-state index in [0.717, 1.165) is 31.9 Å². The van der Waals surface area contributed by atoms with E-state index in [-0.39, 0.29) is 12.2 Å². The second-order valence-electron chi connectivity index (χ2n) is 5.57. The first-order valence-corrected chi connectivity index (χ1v) is 7.33. The van der Waals surface area contributed by atoms with E-state index in [0.29, 0.717) is 6.04 Å². The molecule has 0 radical (unpaired) electrons. The van der Waals surface area contributed by atoms with Gasteiger partial charge < -0.3 is 14.2 Å². The van der Waals surface area contributed by atoms with Crippen LogP contribution >= 0.6 is 0 Å². The summed E-state index contributed by atoms with van der Waals surface area (Å²) >= 11 is 0. The Labute approximate surface area is 120 Å². The molecule has 4 nitrogen and oxygen atoms in total. The van der Waals surface area contributed by atoms with Gasteiger partial charge in [-0.05, 0) is 30.5 Å². The molecule has 0 amide bonds. The summed E-state index contributed by atoms with van der Waals surface area (Å²) in [5.74, 6) is 0.911. The highest BCUT2D eigenvalue weighted by Crippen LogP contribution is 2.32. The van der Waals surface area contributed by atoms with E-state index < -0.39 is 0 Å². The lowest BCUT2D eigenvalue weighted by Gasteiger charge is -2.38. The van der Waals surface area contributed by atoms with Crippen molar-refractivity contribution in [3.8, 4) is 5.75 Å². The van der Waals surface area contributed by atoms with Crippen molar-refractivity contribution in [2.45, 2.75) is 37.6 Å². The van der Waals surface area contributed by atoms with Crippen molar-refractivity contribution in [2.75, 3.05) is 27.4 Å². The number of methoxy groups -OCH3 is 2. The van der Waals surface area contributed by atoms with E-state index in [1.807, 2.05) is 12.1 Å². The maximum Gasteiger partial charge on any atom is 0.118 e. The van der Waals surface area contributed by atoms with Gasteiger partial charge in [-0.2, -0.15) is 0 Å². The van der Waals surface area contributed by atoms with E-state index in [9.17, 15) is 0 Å². The van der Waals surface area contributed by atoms with Crippen molar-refractivity contribution in [3.05, 3.63) is 29.8 Å². The van der Waals surface area contributed by atoms with E-state index in [1.165, 1.54) is 12.0 Å². The molecular weight excluding hydrogens is 254 g/mol. The number of ether oxygens (including phenoxy) is 3. The highest BCUT2D eigenvalue weighted by atomic mass is 16.5. The van der Waals surface area contributed by atoms with Gasteiger partial charge in [-0.3, -0.25) is 4.90 Å². The second-order valence-corrected chi connectivity index (χ2v) is 5.57. The molecule has 3 rings (SSSR count). The fraction of sp³-hybridized carbons (Fsp3) is 0.625. The predicted octanol–water partition coefficient (Wildman–Crippen LogP) is 2.07. The molecule has 0 unspecified atom stereocenters. The topological polar surface area (TPSA) is 30.9 Å². The van der Waals surface area contributed by atoms with Gasteiger partial charge in [0.1, 0.15) is 5.75 Å². The van der Waals surface area contributed by atoms with Crippen molar-refractivity contribution >= 4 is 0 Å². The Balaban J connectivity index is 1.67. The van der Waals surface area contributed by atoms with Gasteiger partial charge in [0.25, 0.3) is 0 Å². The fourth-order valence-corrected chi connectivity index (χ4v) is 3.41. The standard InChI is InChI=1S/C16H23NO3/c1-18-13-5-3-12(4-6-13)11-17-9-10-20-16-14(17)7-8-15(16)19-2/h3-6,14-16H,7-11H2,1-2H3/t14-,15-,16+/m0/s1. The minimum atomic E-state index is 0.243. The van der Waals surface area contributed by atoms with Crippen LogP contribution in [0.4, 0.5) is 0 Å². The zero-order valence-electron chi connectivity index (χ0n) is 12.2. The van der Waals surface area contributed by atoms with Crippen molar-refractivity contribution in [1.82, 2.24) is 4.90 Å². The molecule has 0 N–H and O–H groups in total. The minimum absolute atomic E-state index is 0.243. The first-order valence-electron chi connectivity index (χ1n) is 7.33. The average molecular weight is 277 g/mol. The number of hydrogen-bond donors (Lipinski definition) is 0. The molecule has 1 aliphatic carbocycles. The van der Waals surface area contributed by atoms with Crippen molar-refractivity contribution in [3.63, 3.8) is 0 Å². The van der Waals surface area contributed by atoms with Crippen LogP contribution in [0.2, 0.25) is 0 Å². The Kier molecular flexibility index (Phi) is 4.24. The molecule has 2 aliphatic rings. The summed E-state index contributed by atoms with van der Waals surface area (Å²) < 4.78 is 16.7. The summed E-state index contributed by atoms with van der Waals surface area (Å²) in [5.41, 5.74) is 1.33. The molecule has 1 saturated carbocycles. The van der Waals surface area contributed by atoms with Gasteiger partial charge in [-0.25, -0.2) is 0 Å². The molecule has 3 atom stereocenters. The Bertz CT molecular complexity index is 434. The van der Waals surface area contributed by atoms with Gasteiger partial charge in [0.2, 0.25) is 0 Å². The number of morpholine rings is 1. The predicted molar refractivity (Wildman–Crippen MR) is 77.0 cm³/mol. The second kappa shape index (κ2) is 6.12. The molecule has 1 heterocycles. The number of nitrogens with zero attached hydrogens (tertiary/aromatic N) is 1. The molecule has 110 valence electrons. The van der Waals surface area contributed by atoms with E-state index >= 15 is 0 Å². The third-order valence-corrected chi connectivity index (χ3v) is 4.50.